The summed E-state index contributed by atoms with van der Waals surface area (Å²) in [6.45, 7) is 3.57. The molecule has 0 unspecified atom stereocenters. The molecule has 4 fully saturated rings. The second kappa shape index (κ2) is 7.29. The summed E-state index contributed by atoms with van der Waals surface area (Å²) in [5.74, 6) is 2.25. The fraction of sp³-hybridized carbons (Fsp3) is 0.522. The van der Waals surface area contributed by atoms with Gasteiger partial charge in [-0.2, -0.15) is 0 Å². The molecule has 8 heteroatoms. The summed E-state index contributed by atoms with van der Waals surface area (Å²) in [6.07, 6.45) is 6.86. The van der Waals surface area contributed by atoms with E-state index >= 15 is 0 Å². The van der Waals surface area contributed by atoms with E-state index in [1.165, 1.54) is 31.4 Å². The zero-order valence-electron chi connectivity index (χ0n) is 17.9. The van der Waals surface area contributed by atoms with Crippen LogP contribution < -0.4 is 10.0 Å². The third-order valence-corrected chi connectivity index (χ3v) is 8.49. The number of hydrogen-bond donors (Lipinski definition) is 2. The standard InChI is InChI=1S/C23H28N4O3S/c1-14-7-15(2)25-22(24-14)27-31(29,30)20-5-3-19(4-6-20)26-21(28)23-11-16-8-17(12-23)10-18(9-16)13-23/h3-7,16-18H,8-13H2,1-2H3,(H,26,28)(H,24,25,27). The number of aromatic nitrogens is 2. The summed E-state index contributed by atoms with van der Waals surface area (Å²) in [5, 5.41) is 3.06. The van der Waals surface area contributed by atoms with Crippen molar-refractivity contribution in [2.75, 3.05) is 10.0 Å². The minimum atomic E-state index is -3.82. The minimum Gasteiger partial charge on any atom is -0.326 e. The molecule has 1 aromatic carbocycles. The molecule has 4 aliphatic rings. The number of anilines is 2. The Bertz CT molecular complexity index is 1070. The van der Waals surface area contributed by atoms with Gasteiger partial charge in [0.2, 0.25) is 11.9 Å². The topological polar surface area (TPSA) is 101 Å². The van der Waals surface area contributed by atoms with E-state index in [0.717, 1.165) is 19.3 Å². The molecule has 2 aromatic rings. The lowest BCUT2D eigenvalue weighted by Gasteiger charge is -2.55. The minimum absolute atomic E-state index is 0.0525. The molecule has 164 valence electrons. The summed E-state index contributed by atoms with van der Waals surface area (Å²) in [5.41, 5.74) is 1.77. The van der Waals surface area contributed by atoms with Crippen LogP contribution in [-0.4, -0.2) is 24.3 Å². The summed E-state index contributed by atoms with van der Waals surface area (Å²) in [4.78, 5) is 21.6. The first-order valence-electron chi connectivity index (χ1n) is 11.0. The molecule has 6 rings (SSSR count). The quantitative estimate of drug-likeness (QED) is 0.730. The van der Waals surface area contributed by atoms with Gasteiger partial charge in [-0.3, -0.25) is 4.79 Å². The lowest BCUT2D eigenvalue weighted by atomic mass is 9.49. The van der Waals surface area contributed by atoms with Gasteiger partial charge in [0.15, 0.2) is 0 Å². The summed E-state index contributed by atoms with van der Waals surface area (Å²) >= 11 is 0. The fourth-order valence-corrected chi connectivity index (χ4v) is 7.26. The van der Waals surface area contributed by atoms with E-state index in [-0.39, 0.29) is 22.2 Å². The van der Waals surface area contributed by atoms with Gasteiger partial charge < -0.3 is 5.32 Å². The van der Waals surface area contributed by atoms with Crippen LogP contribution in [0.1, 0.15) is 49.9 Å². The first-order valence-corrected chi connectivity index (χ1v) is 12.5. The number of carbonyl (C=O) groups excluding carboxylic acids is 1. The Hall–Kier alpha value is -2.48. The van der Waals surface area contributed by atoms with Crippen molar-refractivity contribution in [1.82, 2.24) is 9.97 Å². The Morgan fingerprint density at radius 3 is 1.97 bits per heavy atom. The van der Waals surface area contributed by atoms with E-state index in [1.54, 1.807) is 32.0 Å². The Morgan fingerprint density at radius 1 is 0.935 bits per heavy atom. The highest BCUT2D eigenvalue weighted by atomic mass is 32.2. The van der Waals surface area contributed by atoms with Crippen molar-refractivity contribution in [2.45, 2.75) is 57.3 Å². The molecule has 4 bridgehead atoms. The van der Waals surface area contributed by atoms with Gasteiger partial charge in [-0.25, -0.2) is 23.1 Å². The molecule has 0 spiro atoms. The first-order chi connectivity index (χ1) is 14.7. The molecule has 0 atom stereocenters. The number of rotatable bonds is 5. The molecule has 1 aromatic heterocycles. The zero-order chi connectivity index (χ0) is 21.8. The highest BCUT2D eigenvalue weighted by molar-refractivity contribution is 7.92. The predicted octanol–water partition coefficient (Wildman–Crippen LogP) is 4.05. The van der Waals surface area contributed by atoms with Gasteiger partial charge in [0.05, 0.1) is 10.3 Å². The van der Waals surface area contributed by atoms with Gasteiger partial charge in [0.25, 0.3) is 10.0 Å². The van der Waals surface area contributed by atoms with Gasteiger partial charge in [0, 0.05) is 17.1 Å². The van der Waals surface area contributed by atoms with E-state index in [0.29, 0.717) is 34.8 Å². The Labute approximate surface area is 183 Å². The maximum atomic E-state index is 13.2. The van der Waals surface area contributed by atoms with Crippen LogP contribution >= 0.6 is 0 Å². The molecule has 31 heavy (non-hydrogen) atoms. The van der Waals surface area contributed by atoms with Gasteiger partial charge in [-0.1, -0.05) is 0 Å². The number of sulfonamides is 1. The summed E-state index contributed by atoms with van der Waals surface area (Å²) in [6, 6.07) is 8.07. The number of benzene rings is 1. The normalized spacial score (nSPS) is 29.0. The third-order valence-electron chi connectivity index (χ3n) is 7.15. The highest BCUT2D eigenvalue weighted by Crippen LogP contribution is 2.60. The van der Waals surface area contributed by atoms with Crippen LogP contribution in [0.25, 0.3) is 0 Å². The average molecular weight is 441 g/mol. The largest absolute Gasteiger partial charge is 0.326 e. The van der Waals surface area contributed by atoms with E-state index < -0.39 is 10.0 Å². The number of aryl methyl sites for hydroxylation is 2. The second-order valence-corrected chi connectivity index (χ2v) is 11.4. The Balaban J connectivity index is 1.29. The number of hydrogen-bond acceptors (Lipinski definition) is 5. The SMILES string of the molecule is Cc1cc(C)nc(NS(=O)(=O)c2ccc(NC(=O)C34CC5CC(CC(C5)C3)C4)cc2)n1. The summed E-state index contributed by atoms with van der Waals surface area (Å²) < 4.78 is 27.8. The van der Waals surface area contributed by atoms with Crippen molar-refractivity contribution < 1.29 is 13.2 Å². The fourth-order valence-electron chi connectivity index (χ4n) is 6.32. The van der Waals surface area contributed by atoms with Crippen LogP contribution in [0.2, 0.25) is 0 Å². The molecule has 4 saturated carbocycles. The van der Waals surface area contributed by atoms with Crippen LogP contribution in [0.15, 0.2) is 35.2 Å². The van der Waals surface area contributed by atoms with Crippen molar-refractivity contribution >= 4 is 27.6 Å². The van der Waals surface area contributed by atoms with Crippen molar-refractivity contribution in [2.24, 2.45) is 23.2 Å². The van der Waals surface area contributed by atoms with E-state index in [9.17, 15) is 13.2 Å². The molecule has 4 aliphatic carbocycles. The molecule has 0 aliphatic heterocycles. The van der Waals surface area contributed by atoms with Crippen LogP contribution in [0, 0.1) is 37.0 Å². The van der Waals surface area contributed by atoms with Crippen LogP contribution in [0.3, 0.4) is 0 Å². The molecule has 2 N–H and O–H groups in total. The lowest BCUT2D eigenvalue weighted by Crippen LogP contribution is -2.51. The molecular formula is C23H28N4O3S. The maximum absolute atomic E-state index is 13.2. The van der Waals surface area contributed by atoms with Gasteiger partial charge in [0.1, 0.15) is 0 Å². The first kappa shape index (κ1) is 20.4. The third kappa shape index (κ3) is 3.93. The lowest BCUT2D eigenvalue weighted by molar-refractivity contribution is -0.140. The molecule has 0 radical (unpaired) electrons. The van der Waals surface area contributed by atoms with Crippen molar-refractivity contribution in [3.63, 3.8) is 0 Å². The van der Waals surface area contributed by atoms with Crippen LogP contribution in [0.4, 0.5) is 11.6 Å². The number of nitrogens with one attached hydrogen (secondary N) is 2. The molecule has 1 amide bonds. The van der Waals surface area contributed by atoms with Gasteiger partial charge >= 0.3 is 0 Å². The van der Waals surface area contributed by atoms with Gasteiger partial charge in [-0.15, -0.1) is 0 Å². The Kier molecular flexibility index (Phi) is 4.80. The maximum Gasteiger partial charge on any atom is 0.264 e. The zero-order valence-corrected chi connectivity index (χ0v) is 18.7. The predicted molar refractivity (Wildman–Crippen MR) is 118 cm³/mol. The van der Waals surface area contributed by atoms with Crippen molar-refractivity contribution in [3.8, 4) is 0 Å². The average Bonchev–Trinajstić information content (AvgIpc) is 2.66. The smallest absolute Gasteiger partial charge is 0.264 e. The number of carbonyl (C=O) groups is 1. The van der Waals surface area contributed by atoms with Crippen LogP contribution in [0.5, 0.6) is 0 Å². The van der Waals surface area contributed by atoms with E-state index in [2.05, 4.69) is 20.0 Å². The summed E-state index contributed by atoms with van der Waals surface area (Å²) in [7, 11) is -3.82. The van der Waals surface area contributed by atoms with E-state index in [4.69, 9.17) is 0 Å². The highest BCUT2D eigenvalue weighted by Gasteiger charge is 2.54. The van der Waals surface area contributed by atoms with Crippen molar-refractivity contribution in [1.29, 1.82) is 0 Å². The second-order valence-electron chi connectivity index (χ2n) is 9.76. The Morgan fingerprint density at radius 2 is 1.45 bits per heavy atom. The van der Waals surface area contributed by atoms with E-state index in [1.807, 2.05) is 0 Å². The molecular weight excluding hydrogens is 412 g/mol. The number of amides is 1. The monoisotopic (exact) mass is 440 g/mol. The van der Waals surface area contributed by atoms with Crippen LogP contribution in [-0.2, 0) is 14.8 Å². The van der Waals surface area contributed by atoms with Crippen molar-refractivity contribution in [3.05, 3.63) is 41.7 Å². The molecule has 1 heterocycles. The van der Waals surface area contributed by atoms with Gasteiger partial charge in [-0.05, 0) is 100 Å². The molecule has 7 nitrogen and oxygen atoms in total. The number of nitrogens with zero attached hydrogens (tertiary/aromatic N) is 2. The molecule has 0 saturated heterocycles.